The molecule has 1 atom stereocenters. The number of rotatable bonds is 3. The number of anilines is 2. The Morgan fingerprint density at radius 2 is 2.16 bits per heavy atom. The molecule has 4 nitrogen and oxygen atoms in total. The summed E-state index contributed by atoms with van der Waals surface area (Å²) in [7, 11) is 0. The number of nitrogens with zero attached hydrogens (tertiary/aromatic N) is 3. The average molecular weight is 295 g/mol. The van der Waals surface area contributed by atoms with Gasteiger partial charge >= 0.3 is 0 Å². The van der Waals surface area contributed by atoms with Crippen LogP contribution in [0.25, 0.3) is 0 Å². The maximum Gasteiger partial charge on any atom is 0.202 e. The van der Waals surface area contributed by atoms with Crippen LogP contribution in [0.15, 0.2) is 24.3 Å². The summed E-state index contributed by atoms with van der Waals surface area (Å²) in [4.78, 5) is 6.71. The van der Waals surface area contributed by atoms with Gasteiger partial charge in [0, 0.05) is 41.4 Å². The van der Waals surface area contributed by atoms with Gasteiger partial charge in [0.25, 0.3) is 0 Å². The van der Waals surface area contributed by atoms with E-state index >= 15 is 0 Å². The molecule has 0 saturated carbocycles. The Bertz CT molecular complexity index is 554. The lowest BCUT2D eigenvalue weighted by Gasteiger charge is -2.18. The highest BCUT2D eigenvalue weighted by atomic mass is 35.5. The predicted octanol–water partition coefficient (Wildman–Crippen LogP) is 3.19. The van der Waals surface area contributed by atoms with Crippen LogP contribution in [0.1, 0.15) is 12.2 Å². The van der Waals surface area contributed by atoms with Gasteiger partial charge in [0.05, 0.1) is 0 Å². The number of aromatic nitrogens is 2. The van der Waals surface area contributed by atoms with Gasteiger partial charge in [-0.2, -0.15) is 4.37 Å². The fraction of sp³-hybridized carbons (Fsp3) is 0.385. The van der Waals surface area contributed by atoms with Gasteiger partial charge in [0.1, 0.15) is 5.82 Å². The van der Waals surface area contributed by atoms with Gasteiger partial charge in [0.2, 0.25) is 5.13 Å². The molecule has 1 aliphatic rings. The Labute approximate surface area is 121 Å². The Hall–Kier alpha value is -1.33. The number of hydrogen-bond donors (Lipinski definition) is 1. The highest BCUT2D eigenvalue weighted by Gasteiger charge is 2.23. The Morgan fingerprint density at radius 3 is 2.84 bits per heavy atom. The van der Waals surface area contributed by atoms with Crippen molar-refractivity contribution in [3.63, 3.8) is 0 Å². The van der Waals surface area contributed by atoms with Crippen molar-refractivity contribution in [3.8, 4) is 0 Å². The molecule has 1 N–H and O–H groups in total. The topological polar surface area (TPSA) is 41.1 Å². The Kier molecular flexibility index (Phi) is 3.57. The monoisotopic (exact) mass is 294 g/mol. The second-order valence-corrected chi connectivity index (χ2v) is 5.89. The summed E-state index contributed by atoms with van der Waals surface area (Å²) in [6.45, 7) is 3.95. The molecule has 2 aromatic rings. The minimum Gasteiger partial charge on any atom is -0.369 e. The minimum absolute atomic E-state index is 0.433. The normalized spacial score (nSPS) is 18.8. The zero-order valence-electron chi connectivity index (χ0n) is 10.6. The van der Waals surface area contributed by atoms with E-state index in [1.807, 2.05) is 19.1 Å². The number of halogens is 1. The third-order valence-corrected chi connectivity index (χ3v) is 4.22. The van der Waals surface area contributed by atoms with Crippen molar-refractivity contribution in [2.45, 2.75) is 19.4 Å². The summed E-state index contributed by atoms with van der Waals surface area (Å²) in [5.41, 5.74) is 1.22. The van der Waals surface area contributed by atoms with E-state index in [4.69, 9.17) is 11.6 Å². The molecule has 3 rings (SSSR count). The van der Waals surface area contributed by atoms with E-state index in [1.54, 1.807) is 0 Å². The van der Waals surface area contributed by atoms with Gasteiger partial charge in [-0.3, -0.25) is 0 Å². The smallest absolute Gasteiger partial charge is 0.202 e. The summed E-state index contributed by atoms with van der Waals surface area (Å²) in [5.74, 6) is 0.833. The van der Waals surface area contributed by atoms with E-state index in [2.05, 4.69) is 31.7 Å². The molecular weight excluding hydrogens is 280 g/mol. The van der Waals surface area contributed by atoms with Crippen molar-refractivity contribution in [1.82, 2.24) is 9.36 Å². The van der Waals surface area contributed by atoms with Crippen LogP contribution in [0.3, 0.4) is 0 Å². The maximum absolute atomic E-state index is 5.91. The fourth-order valence-corrected chi connectivity index (χ4v) is 3.07. The number of benzene rings is 1. The molecule has 1 fully saturated rings. The Morgan fingerprint density at radius 1 is 1.37 bits per heavy atom. The lowest BCUT2D eigenvalue weighted by Crippen LogP contribution is -2.25. The molecule has 0 amide bonds. The first-order valence-electron chi connectivity index (χ1n) is 6.28. The fourth-order valence-electron chi connectivity index (χ4n) is 2.29. The molecule has 6 heteroatoms. The van der Waals surface area contributed by atoms with Gasteiger partial charge in [-0.15, -0.1) is 0 Å². The van der Waals surface area contributed by atoms with E-state index in [-0.39, 0.29) is 0 Å². The van der Waals surface area contributed by atoms with Crippen LogP contribution in [-0.2, 0) is 0 Å². The predicted molar refractivity (Wildman–Crippen MR) is 80.3 cm³/mol. The molecule has 0 bridgehead atoms. The second kappa shape index (κ2) is 5.35. The molecule has 1 aromatic carbocycles. The molecule has 1 unspecified atom stereocenters. The Balaban J connectivity index is 1.62. The average Bonchev–Trinajstić information content (AvgIpc) is 3.00. The van der Waals surface area contributed by atoms with Crippen LogP contribution in [0.5, 0.6) is 0 Å². The molecular formula is C13H15ClN4S. The van der Waals surface area contributed by atoms with Crippen molar-refractivity contribution >= 4 is 34.0 Å². The third kappa shape index (κ3) is 2.98. The van der Waals surface area contributed by atoms with Gasteiger partial charge in [-0.25, -0.2) is 4.98 Å². The van der Waals surface area contributed by atoms with Crippen LogP contribution in [-0.4, -0.2) is 28.5 Å². The van der Waals surface area contributed by atoms with Crippen LogP contribution in [0.2, 0.25) is 5.02 Å². The first-order chi connectivity index (χ1) is 9.20. The van der Waals surface area contributed by atoms with Gasteiger partial charge in [0.15, 0.2) is 0 Å². The highest BCUT2D eigenvalue weighted by molar-refractivity contribution is 7.09. The van der Waals surface area contributed by atoms with Crippen molar-refractivity contribution in [2.24, 2.45) is 0 Å². The molecule has 1 aliphatic heterocycles. The summed E-state index contributed by atoms with van der Waals surface area (Å²) in [6, 6.07) is 8.44. The van der Waals surface area contributed by atoms with Crippen molar-refractivity contribution in [1.29, 1.82) is 0 Å². The molecule has 0 spiro atoms. The number of aryl methyl sites for hydroxylation is 1. The summed E-state index contributed by atoms with van der Waals surface area (Å²) < 4.78 is 4.19. The molecule has 0 aliphatic carbocycles. The lowest BCUT2D eigenvalue weighted by molar-refractivity contribution is 0.804. The lowest BCUT2D eigenvalue weighted by atomic mass is 10.3. The summed E-state index contributed by atoms with van der Waals surface area (Å²) in [5, 5.41) is 5.15. The van der Waals surface area contributed by atoms with Crippen molar-refractivity contribution in [3.05, 3.63) is 35.1 Å². The first kappa shape index (κ1) is 12.7. The third-order valence-electron chi connectivity index (χ3n) is 3.24. The quantitative estimate of drug-likeness (QED) is 0.944. The molecule has 19 heavy (non-hydrogen) atoms. The maximum atomic E-state index is 5.91. The van der Waals surface area contributed by atoms with E-state index in [0.717, 1.165) is 35.5 Å². The van der Waals surface area contributed by atoms with E-state index in [0.29, 0.717) is 6.04 Å². The van der Waals surface area contributed by atoms with Crippen LogP contribution >= 0.6 is 23.1 Å². The van der Waals surface area contributed by atoms with Crippen LogP contribution in [0.4, 0.5) is 10.8 Å². The van der Waals surface area contributed by atoms with Crippen molar-refractivity contribution < 1.29 is 0 Å². The molecule has 1 aromatic heterocycles. The summed E-state index contributed by atoms with van der Waals surface area (Å²) >= 11 is 7.34. The zero-order valence-corrected chi connectivity index (χ0v) is 12.2. The molecule has 0 radical (unpaired) electrons. The van der Waals surface area contributed by atoms with Gasteiger partial charge < -0.3 is 10.2 Å². The number of hydrogen-bond acceptors (Lipinski definition) is 5. The first-order valence-corrected chi connectivity index (χ1v) is 7.43. The van der Waals surface area contributed by atoms with Gasteiger partial charge in [-0.1, -0.05) is 11.6 Å². The summed E-state index contributed by atoms with van der Waals surface area (Å²) in [6.07, 6.45) is 1.11. The van der Waals surface area contributed by atoms with E-state index < -0.39 is 0 Å². The van der Waals surface area contributed by atoms with Crippen LogP contribution < -0.4 is 10.2 Å². The SMILES string of the molecule is Cc1nsc(NC2CCN(c3ccc(Cl)cc3)C2)n1. The van der Waals surface area contributed by atoms with Crippen LogP contribution in [0, 0.1) is 6.92 Å². The minimum atomic E-state index is 0.433. The largest absolute Gasteiger partial charge is 0.369 e. The molecule has 100 valence electrons. The standard InChI is InChI=1S/C13H15ClN4S/c1-9-15-13(19-17-9)16-11-6-7-18(8-11)12-4-2-10(14)3-5-12/h2-5,11H,6-8H2,1H3,(H,15,16,17). The highest BCUT2D eigenvalue weighted by Crippen LogP contribution is 2.24. The van der Waals surface area contributed by atoms with Crippen molar-refractivity contribution in [2.75, 3.05) is 23.3 Å². The second-order valence-electron chi connectivity index (χ2n) is 4.70. The van der Waals surface area contributed by atoms with Gasteiger partial charge in [-0.05, 0) is 37.6 Å². The molecule has 1 saturated heterocycles. The zero-order chi connectivity index (χ0) is 13.2. The number of nitrogens with one attached hydrogen (secondary N) is 1. The van der Waals surface area contributed by atoms with E-state index in [9.17, 15) is 0 Å². The molecule has 2 heterocycles. The van der Waals surface area contributed by atoms with E-state index in [1.165, 1.54) is 17.2 Å².